The van der Waals surface area contributed by atoms with Crippen LogP contribution in [0.4, 0.5) is 0 Å². The minimum atomic E-state index is -1.43. The minimum absolute atomic E-state index is 0. The molecular weight excluding hydrogens is 775 g/mol. The van der Waals surface area contributed by atoms with Gasteiger partial charge in [-0.2, -0.15) is 0 Å². The van der Waals surface area contributed by atoms with E-state index in [-0.39, 0.29) is 51.0 Å². The van der Waals surface area contributed by atoms with Gasteiger partial charge in [0.2, 0.25) is 0 Å². The van der Waals surface area contributed by atoms with Crippen molar-refractivity contribution in [2.24, 2.45) is 0 Å². The number of rotatable bonds is 5. The fourth-order valence-corrected chi connectivity index (χ4v) is 7.93. The smallest absolute Gasteiger partial charge is 1.00 e. The third-order valence-corrected chi connectivity index (χ3v) is 11.6. The van der Waals surface area contributed by atoms with Crippen molar-refractivity contribution in [3.8, 4) is 44.9 Å². The first-order valence-corrected chi connectivity index (χ1v) is 20.7. The molecule has 0 unspecified atom stereocenters. The standard InChI is InChI=1S/C24H25OSi.C22H19O.2ClH.Zr/c1-16-13-19-14-20(22-11-12-23(25-22)26(3,4)5)15-21(19)24(17(16)2)18-9-7-6-8-10-18;1-14-11-18-12-19(21-10-9-15(2)23-21)13-20(18)22(16(14)3)17-7-5-4-6-8-17;;;/h6-15H,1-5H3;4-13H,1-3H3;2*1H;/q2*-1;;;+4/p-2. The Morgan fingerprint density at radius 2 is 0.923 bits per heavy atom. The molecule has 0 spiro atoms. The molecule has 0 N–H and O–H groups in total. The molecule has 0 bridgehead atoms. The van der Waals surface area contributed by atoms with Gasteiger partial charge in [-0.1, -0.05) is 120 Å². The van der Waals surface area contributed by atoms with E-state index in [4.69, 9.17) is 8.83 Å². The van der Waals surface area contributed by atoms with Gasteiger partial charge in [-0.15, -0.1) is 57.9 Å². The van der Waals surface area contributed by atoms with Crippen LogP contribution in [-0.2, 0) is 26.2 Å². The first-order chi connectivity index (χ1) is 23.5. The summed E-state index contributed by atoms with van der Waals surface area (Å²) in [5.74, 6) is 2.86. The molecule has 8 aromatic rings. The fraction of sp³-hybridized carbons (Fsp3) is 0.174. The Labute approximate surface area is 341 Å². The molecule has 0 aliphatic heterocycles. The van der Waals surface area contributed by atoms with Gasteiger partial charge in [0.25, 0.3) is 0 Å². The monoisotopic (exact) mass is 816 g/mol. The van der Waals surface area contributed by atoms with Gasteiger partial charge in [0.15, 0.2) is 0 Å². The van der Waals surface area contributed by atoms with Crippen LogP contribution in [0.1, 0.15) is 28.0 Å². The topological polar surface area (TPSA) is 26.3 Å². The van der Waals surface area contributed by atoms with Crippen molar-refractivity contribution >= 4 is 35.0 Å². The first kappa shape index (κ1) is 41.1. The fourth-order valence-electron chi connectivity index (χ4n) is 6.93. The van der Waals surface area contributed by atoms with Crippen molar-refractivity contribution in [1.82, 2.24) is 0 Å². The van der Waals surface area contributed by atoms with Crippen LogP contribution in [0.5, 0.6) is 0 Å². The second-order valence-electron chi connectivity index (χ2n) is 14.4. The number of furan rings is 2. The van der Waals surface area contributed by atoms with Crippen LogP contribution in [0.25, 0.3) is 66.4 Å². The second kappa shape index (κ2) is 16.6. The third kappa shape index (κ3) is 8.12. The third-order valence-electron chi connectivity index (χ3n) is 9.84. The predicted molar refractivity (Wildman–Crippen MR) is 212 cm³/mol. The summed E-state index contributed by atoms with van der Waals surface area (Å²) in [4.78, 5) is 0. The van der Waals surface area contributed by atoms with Crippen molar-refractivity contribution in [3.63, 3.8) is 0 Å². The first-order valence-electron chi connectivity index (χ1n) is 17.2. The van der Waals surface area contributed by atoms with Crippen LogP contribution in [0.2, 0.25) is 19.6 Å². The molecule has 0 aliphatic carbocycles. The maximum atomic E-state index is 6.23. The molecule has 2 nitrogen and oxygen atoms in total. The summed E-state index contributed by atoms with van der Waals surface area (Å²) < 4.78 is 12.0. The summed E-state index contributed by atoms with van der Waals surface area (Å²) in [7, 11) is -1.43. The second-order valence-corrected chi connectivity index (χ2v) is 19.4. The quantitative estimate of drug-likeness (QED) is 0.137. The van der Waals surface area contributed by atoms with Gasteiger partial charge in [-0.05, 0) is 75.1 Å². The van der Waals surface area contributed by atoms with Crippen LogP contribution in [0, 0.1) is 34.6 Å². The van der Waals surface area contributed by atoms with E-state index in [1.54, 1.807) is 0 Å². The van der Waals surface area contributed by atoms with Gasteiger partial charge in [-0.25, -0.2) is 0 Å². The number of aryl methyl sites for hydroxylation is 3. The molecule has 0 saturated carbocycles. The molecule has 0 radical (unpaired) electrons. The number of hydrogen-bond donors (Lipinski definition) is 0. The average molecular weight is 819 g/mol. The Morgan fingerprint density at radius 1 is 0.500 bits per heavy atom. The van der Waals surface area contributed by atoms with E-state index in [2.05, 4.69) is 157 Å². The van der Waals surface area contributed by atoms with Crippen LogP contribution >= 0.6 is 0 Å². The van der Waals surface area contributed by atoms with Gasteiger partial charge < -0.3 is 33.6 Å². The normalized spacial score (nSPS) is 11.0. The van der Waals surface area contributed by atoms with E-state index < -0.39 is 8.07 Å². The zero-order chi connectivity index (χ0) is 34.4. The van der Waals surface area contributed by atoms with Gasteiger partial charge in [0, 0.05) is 0 Å². The van der Waals surface area contributed by atoms with Gasteiger partial charge >= 0.3 is 26.2 Å². The molecule has 6 heteroatoms. The van der Waals surface area contributed by atoms with Gasteiger partial charge in [0.05, 0.1) is 22.7 Å². The summed E-state index contributed by atoms with van der Waals surface area (Å²) in [6.07, 6.45) is 0. The summed E-state index contributed by atoms with van der Waals surface area (Å²) in [5, 5.41) is 6.32. The summed E-state index contributed by atoms with van der Waals surface area (Å²) >= 11 is 0. The zero-order valence-electron chi connectivity index (χ0n) is 31.1. The SMILES string of the molecule is Cc1cc2[cH-]c(-c3ccc([Si](C)(C)C)o3)cc2c(-c2ccccc2)c1C.Cc1ccc(-c2cc3c(-c4ccccc4)c(C)c(C)cc3[cH-]2)o1.[Cl-].[Cl-].[Zr+4]. The Hall–Kier alpha value is -3.66. The zero-order valence-corrected chi connectivity index (χ0v) is 36.1. The summed E-state index contributed by atoms with van der Waals surface area (Å²) in [6, 6.07) is 43.3. The molecule has 8 rings (SSSR count). The number of hydrogen-bond acceptors (Lipinski definition) is 2. The molecule has 2 heterocycles. The Balaban J connectivity index is 0.000000221. The van der Waals surface area contributed by atoms with E-state index in [0.29, 0.717) is 0 Å². The summed E-state index contributed by atoms with van der Waals surface area (Å²) in [5.41, 5.74) is 12.9. The summed E-state index contributed by atoms with van der Waals surface area (Å²) in [6.45, 7) is 17.7. The molecule has 0 saturated heterocycles. The minimum Gasteiger partial charge on any atom is -1.00 e. The maximum absolute atomic E-state index is 6.23. The van der Waals surface area contributed by atoms with Crippen molar-refractivity contribution in [1.29, 1.82) is 0 Å². The van der Waals surface area contributed by atoms with Gasteiger partial charge in [0.1, 0.15) is 8.07 Å². The molecule has 262 valence electrons. The van der Waals surface area contributed by atoms with Crippen LogP contribution < -0.4 is 30.2 Å². The van der Waals surface area contributed by atoms with Crippen LogP contribution in [0.3, 0.4) is 0 Å². The number of halogens is 2. The van der Waals surface area contributed by atoms with E-state index in [9.17, 15) is 0 Å². The largest absolute Gasteiger partial charge is 4.00 e. The Kier molecular flexibility index (Phi) is 13.1. The molecule has 0 atom stereocenters. The van der Waals surface area contributed by atoms with Crippen molar-refractivity contribution in [2.75, 3.05) is 0 Å². The van der Waals surface area contributed by atoms with Crippen molar-refractivity contribution in [3.05, 3.63) is 149 Å². The number of benzene rings is 4. The molecule has 0 aliphatic rings. The van der Waals surface area contributed by atoms with Crippen molar-refractivity contribution in [2.45, 2.75) is 54.3 Å². The van der Waals surface area contributed by atoms with E-state index in [1.807, 2.05) is 19.1 Å². The Bertz CT molecular complexity index is 2420. The van der Waals surface area contributed by atoms with E-state index >= 15 is 0 Å². The Morgan fingerprint density at radius 3 is 1.31 bits per heavy atom. The van der Waals surface area contributed by atoms with E-state index in [0.717, 1.165) is 28.2 Å². The molecule has 0 amide bonds. The molecular formula is C46H44Cl2O2SiZr. The molecule has 6 aromatic carbocycles. The molecule has 0 fully saturated rings. The molecule has 52 heavy (non-hydrogen) atoms. The van der Waals surface area contributed by atoms with Crippen molar-refractivity contribution < 1.29 is 59.9 Å². The predicted octanol–water partition coefficient (Wildman–Crippen LogP) is 7.06. The average Bonchev–Trinajstić information content (AvgIpc) is 3.89. The molecule has 2 aromatic heterocycles. The van der Waals surface area contributed by atoms with Crippen LogP contribution in [-0.4, -0.2) is 8.07 Å². The van der Waals surface area contributed by atoms with Gasteiger partial charge in [-0.3, -0.25) is 0 Å². The number of fused-ring (bicyclic) bond motifs is 2. The van der Waals surface area contributed by atoms with Crippen LogP contribution in [0.15, 0.2) is 130 Å². The van der Waals surface area contributed by atoms with E-state index in [1.165, 1.54) is 71.6 Å². The maximum Gasteiger partial charge on any atom is 4.00 e.